The molecule has 12 rings (SSSR count). The van der Waals surface area contributed by atoms with Crippen LogP contribution in [0.25, 0.3) is 6.08 Å². The number of nitrogens with zero attached hydrogens (tertiary/aromatic N) is 6. The Labute approximate surface area is 872 Å². The molecule has 0 unspecified atom stereocenters. The van der Waals surface area contributed by atoms with E-state index in [1.54, 1.807) is 30.3 Å². The molecule has 24 nitrogen and oxygen atoms in total. The molecule has 139 heavy (non-hydrogen) atoms. The second kappa shape index (κ2) is 56.7. The summed E-state index contributed by atoms with van der Waals surface area (Å²) in [5, 5.41) is 65.8. The second-order valence-corrected chi connectivity index (χ2v) is 35.7. The zero-order valence-electron chi connectivity index (χ0n) is 80.5. The van der Waals surface area contributed by atoms with E-state index in [-0.39, 0.29) is 56.6 Å². The summed E-state index contributed by atoms with van der Waals surface area (Å²) in [6.45, 7) is 31.4. The molecule has 0 atom stereocenters. The minimum Gasteiger partial charge on any atom is -0.489 e. The Hall–Kier alpha value is -11.5. The molecule has 0 saturated heterocycles. The van der Waals surface area contributed by atoms with Crippen LogP contribution in [0.1, 0.15) is 111 Å². The highest BCUT2D eigenvalue weighted by Crippen LogP contribution is 2.38. The van der Waals surface area contributed by atoms with Crippen molar-refractivity contribution in [1.82, 2.24) is 0 Å². The third-order valence-electron chi connectivity index (χ3n) is 20.6. The summed E-state index contributed by atoms with van der Waals surface area (Å²) in [5.74, 6) is 4.11. The van der Waals surface area contributed by atoms with Crippen LogP contribution < -0.4 is 58.8 Å². The third kappa shape index (κ3) is 33.3. The van der Waals surface area contributed by atoms with Crippen LogP contribution in [-0.2, 0) is 68.1 Å². The van der Waals surface area contributed by atoms with Crippen molar-refractivity contribution in [3.8, 4) is 34.5 Å². The van der Waals surface area contributed by atoms with Gasteiger partial charge in [0.2, 0.25) is 0 Å². The molecule has 0 aromatic heterocycles. The molecule has 0 aliphatic heterocycles. The maximum atomic E-state index is 14.1. The molecule has 12 aromatic carbocycles. The van der Waals surface area contributed by atoms with Gasteiger partial charge in [0.25, 0.3) is 31.0 Å². The lowest BCUT2D eigenvalue weighted by atomic mass is 10.1. The van der Waals surface area contributed by atoms with Gasteiger partial charge in [0.05, 0.1) is 76.1 Å². The van der Waals surface area contributed by atoms with Gasteiger partial charge in [-0.25, -0.2) is 4.39 Å². The van der Waals surface area contributed by atoms with Gasteiger partial charge in [0, 0.05) is 47.0 Å². The molecular weight excluding hydrogens is 2090 g/mol. The largest absolute Gasteiger partial charge is 0.489 e. The number of benzene rings is 12. The number of ether oxygens (including phenoxy) is 12. The molecule has 6 N–H and O–H groups in total. The minimum atomic E-state index is -0.617. The number of anilines is 6. The summed E-state index contributed by atoms with van der Waals surface area (Å²) >= 11 is 41.5. The molecule has 0 spiro atoms. The number of para-hydroxylation sites is 6. The van der Waals surface area contributed by atoms with Gasteiger partial charge in [0.15, 0.2) is 0 Å². The fraction of sp³-hybridized carbons (Fsp3) is 0.238. The maximum Gasteiger partial charge on any atom is 0.288 e. The van der Waals surface area contributed by atoms with Gasteiger partial charge < -0.3 is 56.8 Å². The van der Waals surface area contributed by atoms with Gasteiger partial charge in [-0.05, 0) is 301 Å². The zero-order chi connectivity index (χ0) is 103. The first-order valence-electron chi connectivity index (χ1n) is 42.7. The lowest BCUT2D eigenvalue weighted by Gasteiger charge is -2.22. The fourth-order valence-corrected chi connectivity index (χ4v) is 15.9. The highest BCUT2D eigenvalue weighted by molar-refractivity contribution is 14.1. The van der Waals surface area contributed by atoms with Gasteiger partial charge >= 0.3 is 0 Å². The van der Waals surface area contributed by atoms with Gasteiger partial charge in [-0.3, -0.25) is 31.2 Å². The number of hydrogen-bond donors (Lipinski definition) is 6. The number of methoxy groups -OCH3 is 6. The van der Waals surface area contributed by atoms with E-state index in [9.17, 15) is 35.6 Å². The van der Waals surface area contributed by atoms with Crippen LogP contribution in [0, 0.1) is 99.4 Å². The smallest absolute Gasteiger partial charge is 0.288 e. The van der Waals surface area contributed by atoms with Gasteiger partial charge in [0.1, 0.15) is 85.6 Å². The predicted octanol–water partition coefficient (Wildman–Crippen LogP) is 27.2. The molecule has 0 saturated carbocycles. The van der Waals surface area contributed by atoms with E-state index in [0.29, 0.717) is 79.7 Å². The van der Waals surface area contributed by atoms with Crippen molar-refractivity contribution in [2.75, 3.05) is 73.0 Å². The average molecular weight is 2200 g/mol. The monoisotopic (exact) mass is 2200 g/mol. The fourth-order valence-electron chi connectivity index (χ4n) is 13.7. The first-order valence-corrected chi connectivity index (χ1v) is 47.4. The first-order chi connectivity index (χ1) is 66.1. The number of hydroxylamine groups is 6. The average Bonchev–Trinajstić information content (AvgIpc) is 0.813. The summed E-state index contributed by atoms with van der Waals surface area (Å²) < 4.78 is 80.3. The Morgan fingerprint density at radius 1 is 0.309 bits per heavy atom. The zero-order valence-corrected chi connectivity index (χ0v) is 89.9. The number of aryl methyl sites for hydroxylation is 13. The SMILES string of the molecule is C=Cc1cccc(COc2ccc(C)cc2C)c1N(O)C(=S)OC.COC(=S)N(O)c1c(Br)cccc1COc1ccc(C)cc1C.COC(=S)N(O)c1c(C)cccc1COc1ccc(C)cc1C.COC(=S)N(O)c1c(Cl)cccc1COc1ccc(C)cc1C.COC(=S)N(O)c1c(F)cccc1COc1ccc(C)cc1C.COC(=S)N(O)c1c(I)cccc1COc1ccc(C)cc1C. The normalized spacial score (nSPS) is 10.3. The standard InChI is InChI=1S/C19H21NO3S.C18H21NO3S.C17H18BrNO3S.C17H18ClNO3S.C17H18FNO3S.C17H18INO3S/c1-5-15-7-6-8-16(18(15)20(21)19(24)22-4)12-23-17-10-9-13(2)11-14(17)3;1-12-8-9-16(14(3)10-12)22-11-15-7-5-6-13(2)17(15)19(20)18(23)21-4;4*1-11-7-8-15(12(2)9-11)22-10-13-5-4-6-14(18)16(13)19(20)17(23)21-3/h5-11,21H,1,12H2,2-4H3;5-10,20H,11H2,1-4H3;4*4-9,20H,10H2,1-3H3. The van der Waals surface area contributed by atoms with E-state index in [1.165, 1.54) is 76.5 Å². The molecule has 12 aromatic rings. The van der Waals surface area contributed by atoms with Gasteiger partial charge in [-0.1, -0.05) is 215 Å². The highest BCUT2D eigenvalue weighted by Gasteiger charge is 2.26. The van der Waals surface area contributed by atoms with E-state index in [1.807, 2.05) is 254 Å². The van der Waals surface area contributed by atoms with Crippen molar-refractivity contribution in [2.45, 2.75) is 130 Å². The molecule has 0 heterocycles. The molecule has 0 bridgehead atoms. The third-order valence-corrected chi connectivity index (χ3v) is 24.5. The van der Waals surface area contributed by atoms with Crippen molar-refractivity contribution in [2.24, 2.45) is 0 Å². The summed E-state index contributed by atoms with van der Waals surface area (Å²) in [7, 11) is 8.36. The molecule has 0 aliphatic carbocycles. The quantitative estimate of drug-likeness (QED) is 0.0177. The summed E-state index contributed by atoms with van der Waals surface area (Å²) in [5.41, 5.74) is 21.8. The van der Waals surface area contributed by atoms with Crippen LogP contribution in [-0.4, -0.2) is 105 Å². The van der Waals surface area contributed by atoms with E-state index in [4.69, 9.17) is 142 Å². The summed E-state index contributed by atoms with van der Waals surface area (Å²) in [6.07, 6.45) is 1.65. The second-order valence-electron chi connectivity index (χ2n) is 31.2. The highest BCUT2D eigenvalue weighted by atomic mass is 127. The lowest BCUT2D eigenvalue weighted by molar-refractivity contribution is 0.260. The summed E-state index contributed by atoms with van der Waals surface area (Å²) in [4.78, 5) is 0. The maximum absolute atomic E-state index is 14.1. The Kier molecular flexibility index (Phi) is 46.7. The van der Waals surface area contributed by atoms with Crippen LogP contribution in [0.5, 0.6) is 34.5 Å². The van der Waals surface area contributed by atoms with E-state index >= 15 is 0 Å². The van der Waals surface area contributed by atoms with Crippen LogP contribution in [0.15, 0.2) is 229 Å². The van der Waals surface area contributed by atoms with E-state index < -0.39 is 5.82 Å². The lowest BCUT2D eigenvalue weighted by Crippen LogP contribution is -2.28. The number of halogens is 4. The van der Waals surface area contributed by atoms with Crippen molar-refractivity contribution in [3.05, 3.63) is 355 Å². The molecule has 0 amide bonds. The van der Waals surface area contributed by atoms with Gasteiger partial charge in [-0.2, -0.15) is 30.4 Å². The number of thiocarbonyl (C=S) groups is 6. The first kappa shape index (κ1) is 114. The van der Waals surface area contributed by atoms with Crippen LogP contribution >= 0.6 is 123 Å². The van der Waals surface area contributed by atoms with Gasteiger partial charge in [-0.15, -0.1) is 0 Å². The molecule has 0 aliphatic rings. The molecule has 0 fully saturated rings. The Morgan fingerprint density at radius 2 is 0.547 bits per heavy atom. The van der Waals surface area contributed by atoms with Crippen LogP contribution in [0.2, 0.25) is 5.02 Å². The molecule has 736 valence electrons. The Balaban J connectivity index is 0.000000227. The van der Waals surface area contributed by atoms with Crippen molar-refractivity contribution >= 4 is 195 Å². The van der Waals surface area contributed by atoms with E-state index in [2.05, 4.69) is 69.4 Å². The number of rotatable bonds is 25. The van der Waals surface area contributed by atoms with Crippen molar-refractivity contribution < 1.29 is 92.5 Å². The molecular formula is C105H114BrClFIN6O18S6. The van der Waals surface area contributed by atoms with Crippen molar-refractivity contribution in [1.29, 1.82) is 0 Å². The van der Waals surface area contributed by atoms with Crippen LogP contribution in [0.4, 0.5) is 38.5 Å². The molecule has 34 heteroatoms. The van der Waals surface area contributed by atoms with Crippen LogP contribution in [0.3, 0.4) is 0 Å². The van der Waals surface area contributed by atoms with E-state index in [0.717, 1.165) is 130 Å². The number of hydrogen-bond acceptors (Lipinski definition) is 24. The summed E-state index contributed by atoms with van der Waals surface area (Å²) in [6, 6.07) is 68.1. The Bertz CT molecular complexity index is 5580. The predicted molar refractivity (Wildman–Crippen MR) is 584 cm³/mol. The minimum absolute atomic E-state index is 0.00735. The molecule has 0 radical (unpaired) electrons. The topological polar surface area (TPSA) is 252 Å². The Morgan fingerprint density at radius 3 is 0.871 bits per heavy atom. The van der Waals surface area contributed by atoms with Crippen molar-refractivity contribution in [3.63, 3.8) is 0 Å².